The quantitative estimate of drug-likeness (QED) is 0.250. The average molecular weight is 709 g/mol. The minimum Gasteiger partial charge on any atom is -0.475 e. The van der Waals surface area contributed by atoms with Crippen LogP contribution in [0.3, 0.4) is 0 Å². The molecule has 4 bridgehead atoms. The number of nitrogens with one attached hydrogen (secondary N) is 1. The summed E-state index contributed by atoms with van der Waals surface area (Å²) >= 11 is 0. The van der Waals surface area contributed by atoms with Crippen molar-refractivity contribution >= 4 is 27.6 Å². The summed E-state index contributed by atoms with van der Waals surface area (Å²) in [5, 5.41) is 0. The van der Waals surface area contributed by atoms with E-state index in [9.17, 15) is 13.2 Å². The molecule has 2 aromatic carbocycles. The molecule has 2 aliphatic carbocycles. The van der Waals surface area contributed by atoms with Gasteiger partial charge in [-0.2, -0.15) is 4.98 Å². The van der Waals surface area contributed by atoms with Gasteiger partial charge in [0.2, 0.25) is 11.8 Å². The second-order valence-corrected chi connectivity index (χ2v) is 16.4. The number of hydrogen-bond donors (Lipinski definition) is 1. The van der Waals surface area contributed by atoms with Crippen molar-refractivity contribution in [1.82, 2.24) is 19.9 Å². The summed E-state index contributed by atoms with van der Waals surface area (Å²) in [7, 11) is -4.16. The first-order valence-electron chi connectivity index (χ1n) is 17.9. The molecule has 2 aliphatic heterocycles. The number of amides is 1. The van der Waals surface area contributed by atoms with E-state index in [2.05, 4.69) is 19.6 Å². The molecule has 1 atom stereocenters. The van der Waals surface area contributed by atoms with Gasteiger partial charge in [-0.25, -0.2) is 18.1 Å². The van der Waals surface area contributed by atoms with E-state index in [-0.39, 0.29) is 47.4 Å². The largest absolute Gasteiger partial charge is 0.475 e. The van der Waals surface area contributed by atoms with Crippen LogP contribution in [0, 0.1) is 25.2 Å². The third-order valence-corrected chi connectivity index (χ3v) is 12.5. The van der Waals surface area contributed by atoms with E-state index in [1.165, 1.54) is 31.4 Å². The zero-order valence-corrected chi connectivity index (χ0v) is 30.0. The van der Waals surface area contributed by atoms with Gasteiger partial charge in [0, 0.05) is 30.3 Å². The number of nitrogens with zero attached hydrogens (tertiary/aromatic N) is 5. The van der Waals surface area contributed by atoms with Gasteiger partial charge in [-0.05, 0) is 98.7 Å². The van der Waals surface area contributed by atoms with E-state index >= 15 is 0 Å². The first-order chi connectivity index (χ1) is 24.6. The van der Waals surface area contributed by atoms with E-state index in [4.69, 9.17) is 14.5 Å². The molecule has 8 rings (SSSR count). The van der Waals surface area contributed by atoms with Gasteiger partial charge in [-0.1, -0.05) is 30.7 Å². The summed E-state index contributed by atoms with van der Waals surface area (Å²) < 4.78 is 42.1. The average Bonchev–Trinajstić information content (AvgIpc) is 3.09. The standard InChI is InChI=1S/C39H44N6O5S/c1-26-6-3-7-27(2)36(26)34-20-35-42-38(41-34)43-51(47,48)33-9-4-8-29(19-33)37(46)45(32(25-50-35)18-28-21-39(22-28)12-5-13-39)24-30-10-11-31(23-40-30)44-14-16-49-17-15-44/h3-4,6-11,19-20,23,28,32H,5,12-18,21-22,24-25H2,1-2H3,(H,41,42,43)/t32-/m1/s1. The summed E-state index contributed by atoms with van der Waals surface area (Å²) in [5.74, 6) is 0.331. The molecule has 2 aromatic heterocycles. The van der Waals surface area contributed by atoms with Crippen molar-refractivity contribution in [2.75, 3.05) is 42.5 Å². The number of benzene rings is 2. The molecular weight excluding hydrogens is 665 g/mol. The van der Waals surface area contributed by atoms with Gasteiger partial charge >= 0.3 is 0 Å². The van der Waals surface area contributed by atoms with Gasteiger partial charge in [0.15, 0.2) is 0 Å². The highest BCUT2D eigenvalue weighted by molar-refractivity contribution is 7.92. The maximum atomic E-state index is 14.6. The molecule has 0 unspecified atom stereocenters. The lowest BCUT2D eigenvalue weighted by Gasteiger charge is -2.55. The molecule has 1 amide bonds. The predicted molar refractivity (Wildman–Crippen MR) is 194 cm³/mol. The number of carbonyl (C=O) groups excluding carboxylic acids is 1. The number of carbonyl (C=O) groups is 1. The Hall–Kier alpha value is -4.55. The lowest BCUT2D eigenvalue weighted by molar-refractivity contribution is -0.0404. The lowest BCUT2D eigenvalue weighted by Crippen LogP contribution is -2.49. The molecule has 266 valence electrons. The number of sulfonamides is 1. The summed E-state index contributed by atoms with van der Waals surface area (Å²) in [6.45, 7) is 7.38. The fourth-order valence-electron chi connectivity index (χ4n) is 8.36. The maximum Gasteiger partial charge on any atom is 0.264 e. The highest BCUT2D eigenvalue weighted by atomic mass is 32.2. The van der Waals surface area contributed by atoms with Crippen LogP contribution in [0.15, 0.2) is 71.8 Å². The van der Waals surface area contributed by atoms with Gasteiger partial charge in [-0.15, -0.1) is 0 Å². The molecule has 4 aromatic rings. The number of aromatic nitrogens is 3. The Labute approximate surface area is 299 Å². The maximum absolute atomic E-state index is 14.6. The fraction of sp³-hybridized carbons (Fsp3) is 0.436. The Morgan fingerprint density at radius 2 is 1.73 bits per heavy atom. The van der Waals surface area contributed by atoms with Crippen molar-refractivity contribution in [3.63, 3.8) is 0 Å². The van der Waals surface area contributed by atoms with Gasteiger partial charge in [0.25, 0.3) is 15.9 Å². The number of ether oxygens (including phenoxy) is 2. The van der Waals surface area contributed by atoms with Crippen LogP contribution in [-0.2, 0) is 21.3 Å². The number of pyridine rings is 1. The van der Waals surface area contributed by atoms with Gasteiger partial charge < -0.3 is 19.3 Å². The first kappa shape index (κ1) is 33.6. The van der Waals surface area contributed by atoms with Crippen LogP contribution >= 0.6 is 0 Å². The highest BCUT2D eigenvalue weighted by Gasteiger charge is 2.49. The first-order valence-corrected chi connectivity index (χ1v) is 19.4. The molecule has 0 radical (unpaired) electrons. The number of hydrogen-bond acceptors (Lipinski definition) is 9. The molecule has 4 heterocycles. The Bertz CT molecular complexity index is 2020. The van der Waals surface area contributed by atoms with Crippen molar-refractivity contribution < 1.29 is 22.7 Å². The Balaban J connectivity index is 1.19. The smallest absolute Gasteiger partial charge is 0.264 e. The predicted octanol–water partition coefficient (Wildman–Crippen LogP) is 6.17. The number of rotatable bonds is 6. The second kappa shape index (κ2) is 13.5. The SMILES string of the molecule is Cc1cccc(C)c1-c1cc2nc(n1)NS(=O)(=O)c1cccc(c1)C(=O)N(Cc1ccc(N3CCOCC3)cn1)[C@H](CC1CC3(CCC3)C1)CO2. The molecule has 1 saturated heterocycles. The van der Waals surface area contributed by atoms with Crippen molar-refractivity contribution in [3.05, 3.63) is 89.2 Å². The van der Waals surface area contributed by atoms with Crippen molar-refractivity contribution in [3.8, 4) is 17.1 Å². The second-order valence-electron chi connectivity index (χ2n) is 14.7. The van der Waals surface area contributed by atoms with E-state index in [1.807, 2.05) is 55.3 Å². The topological polar surface area (TPSA) is 127 Å². The molecule has 1 spiro atoms. The van der Waals surface area contributed by atoms with E-state index < -0.39 is 10.0 Å². The number of fused-ring (bicyclic) bond motifs is 4. The third kappa shape index (κ3) is 6.91. The number of anilines is 2. The third-order valence-electron chi connectivity index (χ3n) is 11.2. The van der Waals surface area contributed by atoms with E-state index in [1.54, 1.807) is 18.2 Å². The van der Waals surface area contributed by atoms with Crippen molar-refractivity contribution in [2.45, 2.75) is 69.9 Å². The molecule has 2 saturated carbocycles. The van der Waals surface area contributed by atoms with Crippen LogP contribution in [0.5, 0.6) is 5.88 Å². The van der Waals surface area contributed by atoms with Crippen LogP contribution in [0.2, 0.25) is 0 Å². The molecular formula is C39H44N6O5S. The van der Waals surface area contributed by atoms with Gasteiger partial charge in [-0.3, -0.25) is 9.78 Å². The van der Waals surface area contributed by atoms with Crippen LogP contribution < -0.4 is 14.4 Å². The van der Waals surface area contributed by atoms with Crippen LogP contribution in [0.4, 0.5) is 11.6 Å². The summed E-state index contributed by atoms with van der Waals surface area (Å²) in [4.78, 5) is 32.6. The molecule has 11 nitrogen and oxygen atoms in total. The monoisotopic (exact) mass is 708 g/mol. The fourth-order valence-corrected chi connectivity index (χ4v) is 9.35. The summed E-state index contributed by atoms with van der Waals surface area (Å²) in [6, 6.07) is 17.6. The minimum atomic E-state index is -4.16. The Morgan fingerprint density at radius 3 is 2.43 bits per heavy atom. The highest BCUT2D eigenvalue weighted by Crippen LogP contribution is 2.59. The number of morpholine rings is 1. The minimum absolute atomic E-state index is 0.0495. The zero-order chi connectivity index (χ0) is 35.2. The number of aryl methyl sites for hydroxylation is 2. The molecule has 4 aliphatic rings. The molecule has 1 N–H and O–H groups in total. The Morgan fingerprint density at radius 1 is 0.961 bits per heavy atom. The van der Waals surface area contributed by atoms with Crippen LogP contribution in [0.25, 0.3) is 11.3 Å². The van der Waals surface area contributed by atoms with Gasteiger partial charge in [0.05, 0.1) is 54.0 Å². The van der Waals surface area contributed by atoms with E-state index in [0.29, 0.717) is 30.2 Å². The summed E-state index contributed by atoms with van der Waals surface area (Å²) in [6.07, 6.45) is 8.80. The van der Waals surface area contributed by atoms with Crippen LogP contribution in [-0.4, -0.2) is 73.1 Å². The molecule has 3 fully saturated rings. The lowest BCUT2D eigenvalue weighted by atomic mass is 9.51. The Kier molecular flexibility index (Phi) is 8.91. The van der Waals surface area contributed by atoms with E-state index in [0.717, 1.165) is 60.4 Å². The zero-order valence-electron chi connectivity index (χ0n) is 29.2. The van der Waals surface area contributed by atoms with Crippen molar-refractivity contribution in [2.24, 2.45) is 11.3 Å². The van der Waals surface area contributed by atoms with Gasteiger partial charge in [0.1, 0.15) is 6.61 Å². The van der Waals surface area contributed by atoms with Crippen LogP contribution in [0.1, 0.15) is 65.7 Å². The molecule has 51 heavy (non-hydrogen) atoms. The summed E-state index contributed by atoms with van der Waals surface area (Å²) in [5.41, 5.74) is 5.94. The normalized spacial score (nSPS) is 21.3. The molecule has 12 heteroatoms. The van der Waals surface area contributed by atoms with Crippen molar-refractivity contribution in [1.29, 1.82) is 0 Å².